The van der Waals surface area contributed by atoms with Crippen LogP contribution < -0.4 is 15.5 Å². The summed E-state index contributed by atoms with van der Waals surface area (Å²) in [4.78, 5) is 24.4. The third-order valence-corrected chi connectivity index (χ3v) is 5.08. The highest BCUT2D eigenvalue weighted by Gasteiger charge is 2.09. The number of hydrogen-bond acceptors (Lipinski definition) is 4. The van der Waals surface area contributed by atoms with Crippen LogP contribution in [0.15, 0.2) is 65.8 Å². The first-order valence-corrected chi connectivity index (χ1v) is 10.5. The Morgan fingerprint density at radius 2 is 1.66 bits per heavy atom. The predicted octanol–water partition coefficient (Wildman–Crippen LogP) is 5.39. The molecule has 0 spiro atoms. The quantitative estimate of drug-likeness (QED) is 0.359. The van der Waals surface area contributed by atoms with E-state index in [2.05, 4.69) is 15.8 Å². The first kappa shape index (κ1) is 23.3. The molecule has 0 fully saturated rings. The number of hydrazone groups is 1. The molecule has 0 aliphatic rings. The smallest absolute Gasteiger partial charge is 0.271 e. The fourth-order valence-corrected chi connectivity index (χ4v) is 3.04. The van der Waals surface area contributed by atoms with Crippen LogP contribution in [-0.4, -0.2) is 24.6 Å². The van der Waals surface area contributed by atoms with Gasteiger partial charge in [-0.25, -0.2) is 5.43 Å². The monoisotopic (exact) mass is 469 g/mol. The van der Waals surface area contributed by atoms with Crippen LogP contribution in [-0.2, 0) is 4.79 Å². The highest BCUT2D eigenvalue weighted by atomic mass is 35.5. The fraction of sp³-hybridized carbons (Fsp3) is 0.125. The largest absolute Gasteiger partial charge is 0.483 e. The molecule has 0 saturated heterocycles. The number of carbonyl (C=O) groups is 2. The Morgan fingerprint density at radius 3 is 2.38 bits per heavy atom. The van der Waals surface area contributed by atoms with Gasteiger partial charge < -0.3 is 10.1 Å². The van der Waals surface area contributed by atoms with Crippen LogP contribution in [0.2, 0.25) is 10.0 Å². The van der Waals surface area contributed by atoms with E-state index in [0.29, 0.717) is 32.6 Å². The number of amides is 2. The van der Waals surface area contributed by atoms with E-state index in [1.807, 2.05) is 32.0 Å². The molecule has 3 aromatic carbocycles. The van der Waals surface area contributed by atoms with E-state index < -0.39 is 5.91 Å². The van der Waals surface area contributed by atoms with Gasteiger partial charge >= 0.3 is 0 Å². The number of hydrogen-bond donors (Lipinski definition) is 2. The van der Waals surface area contributed by atoms with Gasteiger partial charge in [-0.2, -0.15) is 5.10 Å². The van der Waals surface area contributed by atoms with Crippen LogP contribution in [0.3, 0.4) is 0 Å². The van der Waals surface area contributed by atoms with Gasteiger partial charge in [0.1, 0.15) is 5.75 Å². The van der Waals surface area contributed by atoms with Crippen LogP contribution in [0.4, 0.5) is 5.69 Å². The van der Waals surface area contributed by atoms with Gasteiger partial charge in [0.15, 0.2) is 6.61 Å². The lowest BCUT2D eigenvalue weighted by Crippen LogP contribution is -2.20. The molecule has 6 nitrogen and oxygen atoms in total. The fourth-order valence-electron chi connectivity index (χ4n) is 2.74. The van der Waals surface area contributed by atoms with Crippen molar-refractivity contribution in [2.75, 3.05) is 11.9 Å². The lowest BCUT2D eigenvalue weighted by molar-refractivity contribution is -0.118. The summed E-state index contributed by atoms with van der Waals surface area (Å²) >= 11 is 11.9. The molecule has 0 heterocycles. The molecule has 3 rings (SSSR count). The molecule has 0 aromatic heterocycles. The van der Waals surface area contributed by atoms with Gasteiger partial charge in [0.05, 0.1) is 6.21 Å². The summed E-state index contributed by atoms with van der Waals surface area (Å²) in [6.07, 6.45) is 1.40. The molecule has 3 aromatic rings. The van der Waals surface area contributed by atoms with E-state index in [1.165, 1.54) is 6.21 Å². The van der Waals surface area contributed by atoms with E-state index >= 15 is 0 Å². The van der Waals surface area contributed by atoms with E-state index in [-0.39, 0.29) is 12.5 Å². The van der Waals surface area contributed by atoms with Crippen molar-refractivity contribution >= 4 is 46.9 Å². The van der Waals surface area contributed by atoms with Crippen molar-refractivity contribution in [2.45, 2.75) is 13.8 Å². The number of halogens is 2. The van der Waals surface area contributed by atoms with Crippen LogP contribution in [0.25, 0.3) is 0 Å². The Balaban J connectivity index is 1.62. The van der Waals surface area contributed by atoms with Crippen molar-refractivity contribution in [3.8, 4) is 5.75 Å². The normalized spacial score (nSPS) is 10.8. The molecule has 0 aliphatic heterocycles. The van der Waals surface area contributed by atoms with Gasteiger partial charge in [0, 0.05) is 26.9 Å². The maximum atomic E-state index is 12.3. The molecule has 32 heavy (non-hydrogen) atoms. The predicted molar refractivity (Wildman–Crippen MR) is 128 cm³/mol. The van der Waals surface area contributed by atoms with Crippen LogP contribution >= 0.6 is 23.2 Å². The Morgan fingerprint density at radius 1 is 0.938 bits per heavy atom. The summed E-state index contributed by atoms with van der Waals surface area (Å²) in [6, 6.07) is 17.0. The molecule has 0 aliphatic carbocycles. The molecule has 2 amide bonds. The molecule has 0 atom stereocenters. The summed E-state index contributed by atoms with van der Waals surface area (Å²) < 4.78 is 5.65. The minimum Gasteiger partial charge on any atom is -0.483 e. The molecule has 164 valence electrons. The second-order valence-electron chi connectivity index (χ2n) is 7.02. The molecule has 0 unspecified atom stereocenters. The van der Waals surface area contributed by atoms with Crippen molar-refractivity contribution in [1.29, 1.82) is 0 Å². The molecular weight excluding hydrogens is 449 g/mol. The van der Waals surface area contributed by atoms with E-state index in [0.717, 1.165) is 11.1 Å². The van der Waals surface area contributed by atoms with Gasteiger partial charge in [0.2, 0.25) is 0 Å². The van der Waals surface area contributed by atoms with Gasteiger partial charge in [-0.05, 0) is 79.6 Å². The second-order valence-corrected chi connectivity index (χ2v) is 7.90. The van der Waals surface area contributed by atoms with Gasteiger partial charge in [-0.3, -0.25) is 9.59 Å². The molecule has 0 radical (unpaired) electrons. The average molecular weight is 470 g/mol. The Kier molecular flexibility index (Phi) is 7.87. The van der Waals surface area contributed by atoms with Crippen molar-refractivity contribution in [3.05, 3.63) is 93.0 Å². The minimum atomic E-state index is -0.393. The summed E-state index contributed by atoms with van der Waals surface area (Å²) in [5.74, 6) is -0.300. The zero-order valence-electron chi connectivity index (χ0n) is 17.5. The standard InChI is InChI=1S/C24H21Cl2N3O3/c1-15-3-9-21(11-16(15)2)28-23(30)14-32-22-10-8-20(26)12-18(22)13-27-29-24(31)17-4-6-19(25)7-5-17/h3-13H,14H2,1-2H3,(H,28,30)(H,29,31)/b27-13+. The summed E-state index contributed by atoms with van der Waals surface area (Å²) in [5, 5.41) is 7.75. The molecule has 8 heteroatoms. The SMILES string of the molecule is Cc1ccc(NC(=O)COc2ccc(Cl)cc2/C=N/NC(=O)c2ccc(Cl)cc2)cc1C. The molecule has 2 N–H and O–H groups in total. The van der Waals surface area contributed by atoms with E-state index in [1.54, 1.807) is 42.5 Å². The zero-order valence-corrected chi connectivity index (χ0v) is 19.0. The molecule has 0 saturated carbocycles. The van der Waals surface area contributed by atoms with E-state index in [4.69, 9.17) is 27.9 Å². The maximum absolute atomic E-state index is 12.3. The van der Waals surface area contributed by atoms with E-state index in [9.17, 15) is 9.59 Å². The first-order chi connectivity index (χ1) is 15.3. The molecular formula is C24H21Cl2N3O3. The summed E-state index contributed by atoms with van der Waals surface area (Å²) in [6.45, 7) is 3.78. The van der Waals surface area contributed by atoms with Gasteiger partial charge in [0.25, 0.3) is 11.8 Å². The number of nitrogens with zero attached hydrogens (tertiary/aromatic N) is 1. The van der Waals surface area contributed by atoms with Crippen LogP contribution in [0.5, 0.6) is 5.75 Å². The Labute approximate surface area is 196 Å². The van der Waals surface area contributed by atoms with Gasteiger partial charge in [-0.1, -0.05) is 29.3 Å². The zero-order chi connectivity index (χ0) is 23.1. The number of nitrogens with one attached hydrogen (secondary N) is 2. The number of anilines is 1. The van der Waals surface area contributed by atoms with Crippen molar-refractivity contribution in [2.24, 2.45) is 5.10 Å². The minimum absolute atomic E-state index is 0.202. The maximum Gasteiger partial charge on any atom is 0.271 e. The Hall–Kier alpha value is -3.35. The van der Waals surface area contributed by atoms with Crippen LogP contribution in [0, 0.1) is 13.8 Å². The van der Waals surface area contributed by atoms with Crippen LogP contribution in [0.1, 0.15) is 27.0 Å². The third kappa shape index (κ3) is 6.57. The third-order valence-electron chi connectivity index (χ3n) is 4.60. The summed E-state index contributed by atoms with van der Waals surface area (Å²) in [7, 11) is 0. The lowest BCUT2D eigenvalue weighted by Gasteiger charge is -2.11. The second kappa shape index (κ2) is 10.8. The highest BCUT2D eigenvalue weighted by molar-refractivity contribution is 6.31. The number of aryl methyl sites for hydroxylation is 2. The number of carbonyl (C=O) groups excluding carboxylic acids is 2. The van der Waals surface area contributed by atoms with Crippen molar-refractivity contribution < 1.29 is 14.3 Å². The first-order valence-electron chi connectivity index (χ1n) is 9.70. The summed E-state index contributed by atoms with van der Waals surface area (Å²) in [5.41, 5.74) is 6.28. The number of benzene rings is 3. The van der Waals surface area contributed by atoms with Crippen molar-refractivity contribution in [3.63, 3.8) is 0 Å². The number of rotatable bonds is 7. The Bertz CT molecular complexity index is 1160. The molecule has 0 bridgehead atoms. The highest BCUT2D eigenvalue weighted by Crippen LogP contribution is 2.22. The van der Waals surface area contributed by atoms with Gasteiger partial charge in [-0.15, -0.1) is 0 Å². The lowest BCUT2D eigenvalue weighted by atomic mass is 10.1. The topological polar surface area (TPSA) is 79.8 Å². The van der Waals surface area contributed by atoms with Crippen molar-refractivity contribution in [1.82, 2.24) is 5.43 Å². The number of ether oxygens (including phenoxy) is 1. The average Bonchev–Trinajstić information content (AvgIpc) is 2.76.